The summed E-state index contributed by atoms with van der Waals surface area (Å²) < 4.78 is 24.5. The summed E-state index contributed by atoms with van der Waals surface area (Å²) in [5.41, 5.74) is 0.683. The number of benzene rings is 1. The van der Waals surface area contributed by atoms with Crippen LogP contribution in [0.4, 0.5) is 0 Å². The zero-order chi connectivity index (χ0) is 14.6. The first kappa shape index (κ1) is 14.7. The Morgan fingerprint density at radius 2 is 2.00 bits per heavy atom. The predicted octanol–water partition coefficient (Wildman–Crippen LogP) is 1.75. The van der Waals surface area contributed by atoms with Crippen LogP contribution in [-0.2, 0) is 26.8 Å². The van der Waals surface area contributed by atoms with Gasteiger partial charge < -0.3 is 5.11 Å². The van der Waals surface area contributed by atoms with Crippen LogP contribution in [0.1, 0.15) is 10.6 Å². The second-order valence-electron chi connectivity index (χ2n) is 4.25. The van der Waals surface area contributed by atoms with E-state index in [4.69, 9.17) is 0 Å². The van der Waals surface area contributed by atoms with Crippen molar-refractivity contribution in [2.24, 2.45) is 0 Å². The SMILES string of the molecule is O=C(O)C(Cc1ccccc1)S(=O)(=O)Cc1nccs1. The number of rotatable bonds is 6. The molecule has 0 aliphatic heterocycles. The molecule has 0 spiro atoms. The normalized spacial score (nSPS) is 13.0. The van der Waals surface area contributed by atoms with Crippen molar-refractivity contribution in [1.29, 1.82) is 0 Å². The summed E-state index contributed by atoms with van der Waals surface area (Å²) in [6, 6.07) is 8.73. The zero-order valence-corrected chi connectivity index (χ0v) is 12.1. The van der Waals surface area contributed by atoms with Crippen LogP contribution in [0.25, 0.3) is 0 Å². The molecule has 1 atom stereocenters. The monoisotopic (exact) mass is 311 g/mol. The lowest BCUT2D eigenvalue weighted by Crippen LogP contribution is -2.33. The number of aromatic nitrogens is 1. The fourth-order valence-corrected chi connectivity index (χ4v) is 4.33. The summed E-state index contributed by atoms with van der Waals surface area (Å²) in [6.07, 6.45) is 1.46. The smallest absolute Gasteiger partial charge is 0.322 e. The van der Waals surface area contributed by atoms with Crippen LogP contribution < -0.4 is 0 Å². The highest BCUT2D eigenvalue weighted by molar-refractivity contribution is 7.92. The molecule has 106 valence electrons. The van der Waals surface area contributed by atoms with Gasteiger partial charge in [0.15, 0.2) is 15.1 Å². The zero-order valence-electron chi connectivity index (χ0n) is 10.5. The minimum Gasteiger partial charge on any atom is -0.480 e. The van der Waals surface area contributed by atoms with E-state index in [1.165, 1.54) is 17.5 Å². The molecule has 20 heavy (non-hydrogen) atoms. The molecule has 2 rings (SSSR count). The molecule has 1 aromatic heterocycles. The van der Waals surface area contributed by atoms with Gasteiger partial charge in [0.2, 0.25) is 0 Å². The van der Waals surface area contributed by atoms with E-state index >= 15 is 0 Å². The second-order valence-corrected chi connectivity index (χ2v) is 7.41. The largest absolute Gasteiger partial charge is 0.480 e. The van der Waals surface area contributed by atoms with Crippen LogP contribution in [0.5, 0.6) is 0 Å². The van der Waals surface area contributed by atoms with Gasteiger partial charge in [-0.05, 0) is 12.0 Å². The molecule has 2 aromatic rings. The lowest BCUT2D eigenvalue weighted by molar-refractivity contribution is -0.136. The third kappa shape index (κ3) is 3.64. The van der Waals surface area contributed by atoms with Crippen LogP contribution in [0, 0.1) is 0 Å². The standard InChI is InChI=1S/C13H13NO4S2/c15-13(16)11(8-10-4-2-1-3-5-10)20(17,18)9-12-14-6-7-19-12/h1-7,11H,8-9H2,(H,15,16). The number of carboxylic acid groups (broad SMARTS) is 1. The number of aliphatic carboxylic acids is 1. The highest BCUT2D eigenvalue weighted by Gasteiger charge is 2.33. The van der Waals surface area contributed by atoms with Crippen LogP contribution in [0.15, 0.2) is 41.9 Å². The van der Waals surface area contributed by atoms with E-state index in [0.717, 1.165) is 0 Å². The summed E-state index contributed by atoms with van der Waals surface area (Å²) in [7, 11) is -3.79. The van der Waals surface area contributed by atoms with Crippen molar-refractivity contribution in [2.45, 2.75) is 17.4 Å². The number of carboxylic acids is 1. The topological polar surface area (TPSA) is 84.3 Å². The van der Waals surface area contributed by atoms with Gasteiger partial charge in [0, 0.05) is 11.6 Å². The minimum atomic E-state index is -3.79. The van der Waals surface area contributed by atoms with Crippen molar-refractivity contribution in [3.63, 3.8) is 0 Å². The van der Waals surface area contributed by atoms with Crippen LogP contribution >= 0.6 is 11.3 Å². The minimum absolute atomic E-state index is 0.0378. The number of hydrogen-bond acceptors (Lipinski definition) is 5. The number of carbonyl (C=O) groups is 1. The lowest BCUT2D eigenvalue weighted by atomic mass is 10.1. The van der Waals surface area contributed by atoms with Gasteiger partial charge in [-0.25, -0.2) is 13.4 Å². The molecule has 1 aromatic carbocycles. The Hall–Kier alpha value is -1.73. The van der Waals surface area contributed by atoms with E-state index in [1.54, 1.807) is 35.7 Å². The van der Waals surface area contributed by atoms with Crippen LogP contribution in [0.2, 0.25) is 0 Å². The molecule has 0 amide bonds. The molecule has 0 bridgehead atoms. The first-order valence-corrected chi connectivity index (χ1v) is 8.45. The molecule has 1 heterocycles. The number of thiazole rings is 1. The fraction of sp³-hybridized carbons (Fsp3) is 0.231. The Labute approximate surface area is 120 Å². The van der Waals surface area contributed by atoms with E-state index in [-0.39, 0.29) is 12.2 Å². The third-order valence-corrected chi connectivity index (χ3v) is 5.65. The molecule has 1 unspecified atom stereocenters. The third-order valence-electron chi connectivity index (χ3n) is 2.78. The van der Waals surface area contributed by atoms with Gasteiger partial charge in [0.25, 0.3) is 0 Å². The first-order chi connectivity index (χ1) is 9.49. The summed E-state index contributed by atoms with van der Waals surface area (Å²) in [6.45, 7) is 0. The van der Waals surface area contributed by atoms with Crippen molar-refractivity contribution < 1.29 is 18.3 Å². The van der Waals surface area contributed by atoms with E-state index in [1.807, 2.05) is 0 Å². The van der Waals surface area contributed by atoms with Crippen LogP contribution in [-0.4, -0.2) is 29.7 Å². The average molecular weight is 311 g/mol. The van der Waals surface area contributed by atoms with Crippen molar-refractivity contribution >= 4 is 27.1 Å². The molecule has 0 saturated heterocycles. The van der Waals surface area contributed by atoms with E-state index in [9.17, 15) is 18.3 Å². The van der Waals surface area contributed by atoms with Gasteiger partial charge >= 0.3 is 5.97 Å². The first-order valence-electron chi connectivity index (χ1n) is 5.86. The van der Waals surface area contributed by atoms with Gasteiger partial charge in [-0.3, -0.25) is 4.79 Å². The maximum Gasteiger partial charge on any atom is 0.322 e. The highest BCUT2D eigenvalue weighted by Crippen LogP contribution is 2.17. The Morgan fingerprint density at radius 1 is 1.30 bits per heavy atom. The molecular formula is C13H13NO4S2. The molecule has 0 saturated carbocycles. The fourth-order valence-electron chi connectivity index (χ4n) is 1.79. The summed E-state index contributed by atoms with van der Waals surface area (Å²) in [5, 5.41) is 9.82. The number of hydrogen-bond donors (Lipinski definition) is 1. The van der Waals surface area contributed by atoms with Gasteiger partial charge in [-0.1, -0.05) is 30.3 Å². The van der Waals surface area contributed by atoms with Gasteiger partial charge in [0.1, 0.15) is 10.8 Å². The average Bonchev–Trinajstić information content (AvgIpc) is 2.88. The Bertz CT molecular complexity index is 666. The van der Waals surface area contributed by atoms with Crippen molar-refractivity contribution in [2.75, 3.05) is 0 Å². The summed E-state index contributed by atoms with van der Waals surface area (Å²) in [5.74, 6) is -1.67. The molecule has 1 N–H and O–H groups in total. The van der Waals surface area contributed by atoms with Crippen molar-refractivity contribution in [3.8, 4) is 0 Å². The summed E-state index contributed by atoms with van der Waals surface area (Å²) >= 11 is 1.20. The number of sulfone groups is 1. The molecule has 7 heteroatoms. The molecule has 0 aliphatic rings. The Balaban J connectivity index is 2.22. The van der Waals surface area contributed by atoms with Crippen molar-refractivity contribution in [1.82, 2.24) is 4.98 Å². The Kier molecular flexibility index (Phi) is 4.51. The van der Waals surface area contributed by atoms with Gasteiger partial charge in [-0.15, -0.1) is 11.3 Å². The predicted molar refractivity (Wildman–Crippen MR) is 76.3 cm³/mol. The Morgan fingerprint density at radius 3 is 2.55 bits per heavy atom. The lowest BCUT2D eigenvalue weighted by Gasteiger charge is -2.12. The quantitative estimate of drug-likeness (QED) is 0.878. The van der Waals surface area contributed by atoms with Crippen molar-refractivity contribution in [3.05, 3.63) is 52.5 Å². The van der Waals surface area contributed by atoms with E-state index in [0.29, 0.717) is 10.6 Å². The number of nitrogens with zero attached hydrogens (tertiary/aromatic N) is 1. The second kappa shape index (κ2) is 6.15. The maximum absolute atomic E-state index is 12.2. The van der Waals surface area contributed by atoms with Gasteiger partial charge in [-0.2, -0.15) is 0 Å². The highest BCUT2D eigenvalue weighted by atomic mass is 32.2. The molecule has 0 radical (unpaired) electrons. The maximum atomic E-state index is 12.2. The van der Waals surface area contributed by atoms with E-state index < -0.39 is 21.1 Å². The molecule has 0 aliphatic carbocycles. The van der Waals surface area contributed by atoms with Gasteiger partial charge in [0.05, 0.1) is 0 Å². The summed E-state index contributed by atoms with van der Waals surface area (Å²) in [4.78, 5) is 15.2. The molecule has 5 nitrogen and oxygen atoms in total. The molecular weight excluding hydrogens is 298 g/mol. The van der Waals surface area contributed by atoms with Crippen LogP contribution in [0.3, 0.4) is 0 Å². The molecule has 0 fully saturated rings. The van der Waals surface area contributed by atoms with E-state index in [2.05, 4.69) is 4.98 Å².